The van der Waals surface area contributed by atoms with Gasteiger partial charge in [0.2, 0.25) is 0 Å². The van der Waals surface area contributed by atoms with Gasteiger partial charge in [0.05, 0.1) is 0 Å². The number of hydrogen-bond acceptors (Lipinski definition) is 2. The van der Waals surface area contributed by atoms with Gasteiger partial charge in [0.1, 0.15) is 5.75 Å². The number of rotatable bonds is 20. The van der Waals surface area contributed by atoms with Gasteiger partial charge in [-0.2, -0.15) is 0 Å². The monoisotopic (exact) mass is 448 g/mol. The number of hydrogen-bond donors (Lipinski definition) is 3. The Kier molecular flexibility index (Phi) is 18.4. The van der Waals surface area contributed by atoms with E-state index in [4.69, 9.17) is 12.2 Å². The van der Waals surface area contributed by atoms with E-state index < -0.39 is 0 Å². The Labute approximate surface area is 197 Å². The van der Waals surface area contributed by atoms with E-state index in [2.05, 4.69) is 17.6 Å². The lowest BCUT2D eigenvalue weighted by atomic mass is 10.0. The van der Waals surface area contributed by atoms with Gasteiger partial charge in [0.25, 0.3) is 0 Å². The second kappa shape index (κ2) is 20.6. The van der Waals surface area contributed by atoms with Gasteiger partial charge in [-0.3, -0.25) is 0 Å². The molecule has 0 bridgehead atoms. The zero-order chi connectivity index (χ0) is 22.4. The van der Waals surface area contributed by atoms with Crippen molar-refractivity contribution in [3.8, 4) is 5.75 Å². The molecule has 0 aliphatic heterocycles. The van der Waals surface area contributed by atoms with Gasteiger partial charge in [-0.15, -0.1) is 0 Å². The fourth-order valence-electron chi connectivity index (χ4n) is 3.95. The molecule has 3 N–H and O–H groups in total. The molecule has 0 aliphatic carbocycles. The Morgan fingerprint density at radius 1 is 0.645 bits per heavy atom. The summed E-state index contributed by atoms with van der Waals surface area (Å²) < 4.78 is 0. The van der Waals surface area contributed by atoms with Crippen LogP contribution < -0.4 is 10.6 Å². The predicted molar refractivity (Wildman–Crippen MR) is 141 cm³/mol. The largest absolute Gasteiger partial charge is 0.508 e. The molecule has 0 aromatic heterocycles. The number of thiocarbonyl (C=S) groups is 1. The molecule has 0 atom stereocenters. The van der Waals surface area contributed by atoms with Crippen molar-refractivity contribution < 1.29 is 5.11 Å². The fourth-order valence-corrected chi connectivity index (χ4v) is 4.17. The van der Waals surface area contributed by atoms with Gasteiger partial charge in [-0.25, -0.2) is 0 Å². The Hall–Kier alpha value is -1.29. The van der Waals surface area contributed by atoms with E-state index in [1.165, 1.54) is 109 Å². The maximum atomic E-state index is 9.29. The third-order valence-electron chi connectivity index (χ3n) is 5.94. The van der Waals surface area contributed by atoms with Crippen molar-refractivity contribution in [1.82, 2.24) is 5.32 Å². The summed E-state index contributed by atoms with van der Waals surface area (Å²) >= 11 is 5.30. The Morgan fingerprint density at radius 2 is 1.03 bits per heavy atom. The van der Waals surface area contributed by atoms with Gasteiger partial charge < -0.3 is 15.7 Å². The van der Waals surface area contributed by atoms with E-state index in [9.17, 15) is 5.11 Å². The molecule has 0 fully saturated rings. The second-order valence-corrected chi connectivity index (χ2v) is 9.35. The first-order valence-electron chi connectivity index (χ1n) is 13.1. The lowest BCUT2D eigenvalue weighted by Gasteiger charge is -2.10. The summed E-state index contributed by atoms with van der Waals surface area (Å²) in [6, 6.07) is 6.95. The van der Waals surface area contributed by atoms with Crippen molar-refractivity contribution in [2.75, 3.05) is 11.9 Å². The first-order valence-corrected chi connectivity index (χ1v) is 13.5. The smallest absolute Gasteiger partial charge is 0.170 e. The van der Waals surface area contributed by atoms with Crippen molar-refractivity contribution in [2.24, 2.45) is 0 Å². The standard InChI is InChI=1S/C27H48N2OS/c1-2-3-4-5-6-7-8-9-10-11-12-13-14-15-16-17-18-19-24-28-27(31)29-25-20-22-26(30)23-21-25/h20-23,30H,2-19,24H2,1H3,(H2,28,29,31). The predicted octanol–water partition coefficient (Wildman–Crippen LogP) is 8.72. The third kappa shape index (κ3) is 18.0. The maximum Gasteiger partial charge on any atom is 0.170 e. The molecule has 0 saturated heterocycles. The van der Waals surface area contributed by atoms with E-state index in [0.717, 1.165) is 18.7 Å². The van der Waals surface area contributed by atoms with Crippen LogP contribution in [0.4, 0.5) is 5.69 Å². The van der Waals surface area contributed by atoms with Crippen LogP contribution >= 0.6 is 12.2 Å². The molecule has 3 nitrogen and oxygen atoms in total. The Morgan fingerprint density at radius 3 is 1.45 bits per heavy atom. The summed E-state index contributed by atoms with van der Waals surface area (Å²) in [7, 11) is 0. The van der Waals surface area contributed by atoms with Gasteiger partial charge in [-0.1, -0.05) is 116 Å². The van der Waals surface area contributed by atoms with Crippen LogP contribution in [0.1, 0.15) is 122 Å². The van der Waals surface area contributed by atoms with Crippen LogP contribution in [0, 0.1) is 0 Å². The van der Waals surface area contributed by atoms with Crippen molar-refractivity contribution in [3.05, 3.63) is 24.3 Å². The van der Waals surface area contributed by atoms with Gasteiger partial charge in [0.15, 0.2) is 5.11 Å². The average Bonchev–Trinajstić information content (AvgIpc) is 2.77. The lowest BCUT2D eigenvalue weighted by Crippen LogP contribution is -2.29. The molecular formula is C27H48N2OS. The maximum absolute atomic E-state index is 9.29. The van der Waals surface area contributed by atoms with E-state index in [-0.39, 0.29) is 5.75 Å². The quantitative estimate of drug-likeness (QED) is 0.106. The topological polar surface area (TPSA) is 44.3 Å². The van der Waals surface area contributed by atoms with E-state index >= 15 is 0 Å². The molecule has 31 heavy (non-hydrogen) atoms. The van der Waals surface area contributed by atoms with Crippen LogP contribution in [0.15, 0.2) is 24.3 Å². The number of phenolic OH excluding ortho intramolecular Hbond substituents is 1. The second-order valence-electron chi connectivity index (χ2n) is 8.94. The van der Waals surface area contributed by atoms with E-state index in [1.54, 1.807) is 12.1 Å². The van der Waals surface area contributed by atoms with Crippen LogP contribution in [-0.2, 0) is 0 Å². The molecule has 1 rings (SSSR count). The molecule has 4 heteroatoms. The molecule has 0 amide bonds. The number of unbranched alkanes of at least 4 members (excludes halogenated alkanes) is 17. The molecule has 0 aliphatic rings. The summed E-state index contributed by atoms with van der Waals surface area (Å²) in [5, 5.41) is 16.3. The first-order chi connectivity index (χ1) is 15.2. The highest BCUT2D eigenvalue weighted by Crippen LogP contribution is 2.15. The van der Waals surface area contributed by atoms with Crippen molar-refractivity contribution in [3.63, 3.8) is 0 Å². The Bertz CT molecular complexity index is 533. The SMILES string of the molecule is CCCCCCCCCCCCCCCCCCCCNC(=S)Nc1ccc(O)cc1. The lowest BCUT2D eigenvalue weighted by molar-refractivity contribution is 0.475. The van der Waals surface area contributed by atoms with Crippen LogP contribution in [0.25, 0.3) is 0 Å². The van der Waals surface area contributed by atoms with E-state index in [1.807, 2.05) is 12.1 Å². The molecule has 178 valence electrons. The van der Waals surface area contributed by atoms with Gasteiger partial charge in [0, 0.05) is 12.2 Å². The van der Waals surface area contributed by atoms with Crippen LogP contribution in [0.5, 0.6) is 5.75 Å². The normalized spacial score (nSPS) is 10.9. The molecule has 1 aromatic carbocycles. The highest BCUT2D eigenvalue weighted by Gasteiger charge is 1.98. The number of anilines is 1. The number of nitrogens with one attached hydrogen (secondary N) is 2. The third-order valence-corrected chi connectivity index (χ3v) is 6.19. The number of benzene rings is 1. The van der Waals surface area contributed by atoms with Crippen molar-refractivity contribution >= 4 is 23.0 Å². The highest BCUT2D eigenvalue weighted by molar-refractivity contribution is 7.80. The molecule has 1 aromatic rings. The van der Waals surface area contributed by atoms with E-state index in [0.29, 0.717) is 5.11 Å². The van der Waals surface area contributed by atoms with Crippen LogP contribution in [-0.4, -0.2) is 16.8 Å². The molecule has 0 heterocycles. The minimum absolute atomic E-state index is 0.267. The zero-order valence-electron chi connectivity index (χ0n) is 20.1. The fraction of sp³-hybridized carbons (Fsp3) is 0.741. The summed E-state index contributed by atoms with van der Waals surface area (Å²) in [5.74, 6) is 0.267. The minimum Gasteiger partial charge on any atom is -0.508 e. The zero-order valence-corrected chi connectivity index (χ0v) is 20.9. The minimum atomic E-state index is 0.267. The van der Waals surface area contributed by atoms with Crippen LogP contribution in [0.2, 0.25) is 0 Å². The van der Waals surface area contributed by atoms with Crippen molar-refractivity contribution in [2.45, 2.75) is 122 Å². The Balaban J connectivity index is 1.75. The van der Waals surface area contributed by atoms with Gasteiger partial charge in [-0.05, 0) is 42.9 Å². The molecule has 0 spiro atoms. The van der Waals surface area contributed by atoms with Crippen molar-refractivity contribution in [1.29, 1.82) is 0 Å². The van der Waals surface area contributed by atoms with Crippen LogP contribution in [0.3, 0.4) is 0 Å². The van der Waals surface area contributed by atoms with Gasteiger partial charge >= 0.3 is 0 Å². The molecule has 0 radical (unpaired) electrons. The highest BCUT2D eigenvalue weighted by atomic mass is 32.1. The summed E-state index contributed by atoms with van der Waals surface area (Å²) in [4.78, 5) is 0. The molecule has 0 unspecified atom stereocenters. The summed E-state index contributed by atoms with van der Waals surface area (Å²) in [6.07, 6.45) is 25.2. The summed E-state index contributed by atoms with van der Waals surface area (Å²) in [6.45, 7) is 3.21. The average molecular weight is 449 g/mol. The molecular weight excluding hydrogens is 400 g/mol. The first kappa shape index (κ1) is 27.7. The summed E-state index contributed by atoms with van der Waals surface area (Å²) in [5.41, 5.74) is 0.896. The number of aromatic hydroxyl groups is 1. The molecule has 0 saturated carbocycles. The number of phenols is 1.